The molecule has 7 heteroatoms. The highest BCUT2D eigenvalue weighted by Crippen LogP contribution is 2.30. The Bertz CT molecular complexity index is 706. The van der Waals surface area contributed by atoms with Crippen LogP contribution in [0.25, 0.3) is 0 Å². The molecule has 2 heterocycles. The normalized spacial score (nSPS) is 19.8. The van der Waals surface area contributed by atoms with Gasteiger partial charge in [-0.05, 0) is 30.4 Å². The highest BCUT2D eigenvalue weighted by molar-refractivity contribution is 7.93. The molecule has 0 aromatic carbocycles. The van der Waals surface area contributed by atoms with Crippen LogP contribution < -0.4 is 5.32 Å². The molecule has 5 nitrogen and oxygen atoms in total. The van der Waals surface area contributed by atoms with Gasteiger partial charge in [0.1, 0.15) is 9.97 Å². The summed E-state index contributed by atoms with van der Waals surface area (Å²) in [6, 6.07) is 5.34. The summed E-state index contributed by atoms with van der Waals surface area (Å²) in [5, 5.41) is 15.0. The maximum Gasteiger partial charge on any atom is 0.190 e. The van der Waals surface area contributed by atoms with Crippen LogP contribution in [0.15, 0.2) is 38.5 Å². The number of hydrogen-bond acceptors (Lipinski definition) is 6. The minimum atomic E-state index is -3.41. The molecule has 0 bridgehead atoms. The van der Waals surface area contributed by atoms with Crippen LogP contribution in [0.1, 0.15) is 30.2 Å². The molecule has 3 rings (SSSR count). The smallest absolute Gasteiger partial charge is 0.190 e. The van der Waals surface area contributed by atoms with Crippen LogP contribution in [0.4, 0.5) is 0 Å². The van der Waals surface area contributed by atoms with Gasteiger partial charge >= 0.3 is 0 Å². The number of aliphatic hydroxyl groups is 1. The second kappa shape index (κ2) is 6.54. The molecule has 0 spiro atoms. The molecule has 2 atom stereocenters. The Morgan fingerprint density at radius 1 is 1.45 bits per heavy atom. The lowest BCUT2D eigenvalue weighted by Gasteiger charge is -2.24. The van der Waals surface area contributed by atoms with Crippen molar-refractivity contribution in [2.45, 2.75) is 35.6 Å². The summed E-state index contributed by atoms with van der Waals surface area (Å²) < 4.78 is 30.0. The molecule has 2 N–H and O–H groups in total. The lowest BCUT2D eigenvalue weighted by Crippen LogP contribution is -2.35. The van der Waals surface area contributed by atoms with Crippen LogP contribution in [0.5, 0.6) is 0 Å². The number of aliphatic hydroxyl groups excluding tert-OH is 1. The van der Waals surface area contributed by atoms with Gasteiger partial charge < -0.3 is 14.8 Å². The summed E-state index contributed by atoms with van der Waals surface area (Å²) >= 11 is 1.18. The molecule has 1 aliphatic carbocycles. The lowest BCUT2D eigenvalue weighted by molar-refractivity contribution is 0.186. The third kappa shape index (κ3) is 3.43. The van der Waals surface area contributed by atoms with Crippen LogP contribution in [0.3, 0.4) is 0 Å². The molecular weight excluding hydrogens is 322 g/mol. The van der Waals surface area contributed by atoms with Crippen LogP contribution in [-0.4, -0.2) is 31.9 Å². The Labute approximate surface area is 133 Å². The molecule has 0 aliphatic heterocycles. The van der Waals surface area contributed by atoms with Gasteiger partial charge in [0.15, 0.2) is 9.84 Å². The monoisotopic (exact) mass is 341 g/mol. The van der Waals surface area contributed by atoms with E-state index in [1.54, 1.807) is 23.8 Å². The molecule has 0 radical (unpaired) electrons. The van der Waals surface area contributed by atoms with Crippen molar-refractivity contribution < 1.29 is 17.9 Å². The zero-order chi connectivity index (χ0) is 15.6. The molecule has 0 fully saturated rings. The van der Waals surface area contributed by atoms with Crippen molar-refractivity contribution in [1.82, 2.24) is 5.32 Å². The average Bonchev–Trinajstić information content (AvgIpc) is 3.15. The second-order valence-electron chi connectivity index (χ2n) is 5.52. The van der Waals surface area contributed by atoms with Crippen molar-refractivity contribution in [3.8, 4) is 0 Å². The minimum Gasteiger partial charge on any atom is -0.469 e. The van der Waals surface area contributed by atoms with E-state index in [0.29, 0.717) is 4.21 Å². The summed E-state index contributed by atoms with van der Waals surface area (Å²) in [5.74, 6) is 0.732. The number of fused-ring (bicyclic) bond motifs is 1. The summed E-state index contributed by atoms with van der Waals surface area (Å²) in [6.07, 6.45) is 3.70. The van der Waals surface area contributed by atoms with Crippen molar-refractivity contribution in [3.63, 3.8) is 0 Å². The number of nitrogens with one attached hydrogen (secondary N) is 1. The molecule has 1 aliphatic rings. The molecule has 0 saturated heterocycles. The largest absolute Gasteiger partial charge is 0.469 e. The molecule has 2 aromatic heterocycles. The van der Waals surface area contributed by atoms with Crippen LogP contribution in [-0.2, 0) is 16.3 Å². The summed E-state index contributed by atoms with van der Waals surface area (Å²) in [6.45, 7) is 0.250. The first kappa shape index (κ1) is 15.7. The van der Waals surface area contributed by atoms with Crippen molar-refractivity contribution in [2.75, 3.05) is 12.3 Å². The molecule has 120 valence electrons. The van der Waals surface area contributed by atoms with Crippen molar-refractivity contribution in [2.24, 2.45) is 0 Å². The van der Waals surface area contributed by atoms with E-state index >= 15 is 0 Å². The molecule has 0 unspecified atom stereocenters. The van der Waals surface area contributed by atoms with Gasteiger partial charge in [-0.3, -0.25) is 0 Å². The van der Waals surface area contributed by atoms with Crippen molar-refractivity contribution in [1.29, 1.82) is 0 Å². The number of thiophene rings is 1. The van der Waals surface area contributed by atoms with Gasteiger partial charge in [0, 0.05) is 24.6 Å². The first-order valence-corrected chi connectivity index (χ1v) is 9.83. The fourth-order valence-corrected chi connectivity index (χ4v) is 5.29. The van der Waals surface area contributed by atoms with Gasteiger partial charge in [0.25, 0.3) is 0 Å². The van der Waals surface area contributed by atoms with Crippen molar-refractivity contribution in [3.05, 3.63) is 41.2 Å². The number of rotatable bonds is 6. The second-order valence-corrected chi connectivity index (χ2v) is 8.73. The van der Waals surface area contributed by atoms with Crippen LogP contribution >= 0.6 is 11.3 Å². The van der Waals surface area contributed by atoms with Crippen LogP contribution in [0.2, 0.25) is 0 Å². The first-order chi connectivity index (χ1) is 10.6. The Morgan fingerprint density at radius 2 is 2.32 bits per heavy atom. The Hall–Kier alpha value is -1.15. The summed E-state index contributed by atoms with van der Waals surface area (Å²) in [4.78, 5) is 0. The lowest BCUT2D eigenvalue weighted by atomic mass is 9.93. The van der Waals surface area contributed by atoms with E-state index < -0.39 is 15.9 Å². The number of furan rings is 1. The minimum absolute atomic E-state index is 0.126. The average molecular weight is 341 g/mol. The van der Waals surface area contributed by atoms with E-state index in [-0.39, 0.29) is 18.3 Å². The number of aryl methyl sites for hydroxylation is 1. The van der Waals surface area contributed by atoms with Gasteiger partial charge in [0.05, 0.1) is 18.1 Å². The highest BCUT2D eigenvalue weighted by Gasteiger charge is 2.25. The van der Waals surface area contributed by atoms with Crippen molar-refractivity contribution >= 4 is 21.2 Å². The van der Waals surface area contributed by atoms with E-state index in [2.05, 4.69) is 5.32 Å². The fraction of sp³-hybridized carbons (Fsp3) is 0.467. The fourth-order valence-electron chi connectivity index (χ4n) is 2.81. The predicted molar refractivity (Wildman–Crippen MR) is 84.8 cm³/mol. The zero-order valence-electron chi connectivity index (χ0n) is 12.1. The third-order valence-electron chi connectivity index (χ3n) is 3.87. The van der Waals surface area contributed by atoms with Gasteiger partial charge in [-0.15, -0.1) is 11.3 Å². The topological polar surface area (TPSA) is 79.5 Å². The molecule has 0 saturated carbocycles. The van der Waals surface area contributed by atoms with E-state index in [1.165, 1.54) is 11.3 Å². The van der Waals surface area contributed by atoms with Gasteiger partial charge in [-0.1, -0.05) is 6.07 Å². The van der Waals surface area contributed by atoms with E-state index in [9.17, 15) is 13.5 Å². The Morgan fingerprint density at radius 3 is 3.09 bits per heavy atom. The summed E-state index contributed by atoms with van der Waals surface area (Å²) in [7, 11) is -3.41. The molecule has 0 amide bonds. The molecule has 2 aromatic rings. The highest BCUT2D eigenvalue weighted by atomic mass is 32.2. The Balaban J connectivity index is 1.57. The van der Waals surface area contributed by atoms with E-state index in [1.807, 2.05) is 6.07 Å². The summed E-state index contributed by atoms with van der Waals surface area (Å²) in [5.41, 5.74) is 1.12. The van der Waals surface area contributed by atoms with Gasteiger partial charge in [-0.2, -0.15) is 0 Å². The third-order valence-corrected chi connectivity index (χ3v) is 7.15. The molecular formula is C15H19NO4S2. The van der Waals surface area contributed by atoms with Gasteiger partial charge in [0.2, 0.25) is 0 Å². The molecule has 22 heavy (non-hydrogen) atoms. The van der Waals surface area contributed by atoms with E-state index in [0.717, 1.165) is 30.6 Å². The standard InChI is InChI=1S/C15H19NO4S2/c17-11(10-22(18,19)15-5-2-8-21-15)9-16-13-3-1-4-14-12(13)6-7-20-14/h2,5-8,11,13,16-17H,1,3-4,9-10H2/t11-,13+/m0/s1. The number of sulfone groups is 1. The maximum atomic E-state index is 12.1. The number of hydrogen-bond donors (Lipinski definition) is 2. The van der Waals surface area contributed by atoms with E-state index in [4.69, 9.17) is 4.42 Å². The predicted octanol–water partition coefficient (Wildman–Crippen LogP) is 2.14. The van der Waals surface area contributed by atoms with Crippen LogP contribution in [0, 0.1) is 0 Å². The maximum absolute atomic E-state index is 12.1. The first-order valence-electron chi connectivity index (χ1n) is 7.30. The SMILES string of the molecule is O=S(=O)(C[C@@H](O)CN[C@@H]1CCCc2occc21)c1cccs1. The Kier molecular flexibility index (Phi) is 4.67. The zero-order valence-corrected chi connectivity index (χ0v) is 13.7. The van der Waals surface area contributed by atoms with Gasteiger partial charge in [-0.25, -0.2) is 8.42 Å². The quantitative estimate of drug-likeness (QED) is 0.841.